The van der Waals surface area contributed by atoms with E-state index in [0.29, 0.717) is 11.5 Å². The molecular weight excluding hydrogens is 300 g/mol. The Hall–Kier alpha value is -2.05. The fraction of sp³-hybridized carbons (Fsp3) is 0.471. The maximum absolute atomic E-state index is 11.9. The van der Waals surface area contributed by atoms with Crippen LogP contribution in [0.4, 0.5) is 0 Å². The second-order valence-electron chi connectivity index (χ2n) is 6.00. The molecule has 1 aromatic rings. The lowest BCUT2D eigenvalue weighted by molar-refractivity contribution is -0.148. The van der Waals surface area contributed by atoms with Crippen molar-refractivity contribution in [1.82, 2.24) is 0 Å². The molecule has 2 rings (SSSR count). The van der Waals surface area contributed by atoms with Crippen molar-refractivity contribution in [3.05, 3.63) is 29.3 Å². The number of methoxy groups -OCH3 is 2. The fourth-order valence-electron chi connectivity index (χ4n) is 2.17. The number of hydrogen-bond donors (Lipinski definition) is 0. The Morgan fingerprint density at radius 1 is 1.17 bits per heavy atom. The number of hydrogen-bond acceptors (Lipinski definition) is 6. The first kappa shape index (κ1) is 17.3. The number of carbonyl (C=O) groups is 1. The maximum Gasteiger partial charge on any atom is 0.331 e. The van der Waals surface area contributed by atoms with E-state index in [0.717, 1.165) is 11.1 Å². The molecule has 0 fully saturated rings. The zero-order valence-corrected chi connectivity index (χ0v) is 14.0. The Bertz CT molecular complexity index is 596. The first-order valence-corrected chi connectivity index (χ1v) is 7.24. The molecule has 0 bridgehead atoms. The van der Waals surface area contributed by atoms with Crippen LogP contribution in [-0.4, -0.2) is 32.6 Å². The Morgan fingerprint density at radius 3 is 2.35 bits per heavy atom. The van der Waals surface area contributed by atoms with E-state index in [1.54, 1.807) is 32.4 Å². The van der Waals surface area contributed by atoms with E-state index in [4.69, 9.17) is 23.7 Å². The van der Waals surface area contributed by atoms with Gasteiger partial charge in [0.2, 0.25) is 6.79 Å². The lowest BCUT2D eigenvalue weighted by Crippen LogP contribution is -2.22. The van der Waals surface area contributed by atoms with Crippen molar-refractivity contribution < 1.29 is 28.5 Å². The quantitative estimate of drug-likeness (QED) is 0.472. The molecule has 1 aliphatic heterocycles. The van der Waals surface area contributed by atoms with Crippen LogP contribution in [0.2, 0.25) is 0 Å². The lowest BCUT2D eigenvalue weighted by atomic mass is 10.0. The molecule has 126 valence electrons. The summed E-state index contributed by atoms with van der Waals surface area (Å²) >= 11 is 0. The van der Waals surface area contributed by atoms with E-state index in [1.807, 2.05) is 20.8 Å². The van der Waals surface area contributed by atoms with E-state index in [-0.39, 0.29) is 6.79 Å². The highest BCUT2D eigenvalue weighted by Crippen LogP contribution is 2.38. The monoisotopic (exact) mass is 322 g/mol. The molecule has 0 spiro atoms. The third-order valence-corrected chi connectivity index (χ3v) is 3.07. The van der Waals surface area contributed by atoms with Crippen molar-refractivity contribution in [3.8, 4) is 11.5 Å². The van der Waals surface area contributed by atoms with Crippen LogP contribution in [-0.2, 0) is 19.0 Å². The molecule has 6 nitrogen and oxygen atoms in total. The molecular formula is C17H22O6. The van der Waals surface area contributed by atoms with Gasteiger partial charge in [-0.15, -0.1) is 0 Å². The van der Waals surface area contributed by atoms with Crippen LogP contribution < -0.4 is 9.47 Å². The molecule has 0 unspecified atom stereocenters. The van der Waals surface area contributed by atoms with Gasteiger partial charge in [-0.1, -0.05) is 0 Å². The van der Waals surface area contributed by atoms with Crippen molar-refractivity contribution in [1.29, 1.82) is 0 Å². The van der Waals surface area contributed by atoms with Crippen molar-refractivity contribution in [2.45, 2.75) is 32.7 Å². The van der Waals surface area contributed by atoms with E-state index >= 15 is 0 Å². The molecule has 1 heterocycles. The number of esters is 1. The highest BCUT2D eigenvalue weighted by molar-refractivity contribution is 5.87. The fourth-order valence-corrected chi connectivity index (χ4v) is 2.17. The molecule has 6 heteroatoms. The summed E-state index contributed by atoms with van der Waals surface area (Å²) < 4.78 is 26.6. The second-order valence-corrected chi connectivity index (χ2v) is 6.00. The summed E-state index contributed by atoms with van der Waals surface area (Å²) in [5.41, 5.74) is 0.925. The van der Waals surface area contributed by atoms with Crippen molar-refractivity contribution in [2.75, 3.05) is 21.0 Å². The summed E-state index contributed by atoms with van der Waals surface area (Å²) in [7, 11) is 3.08. The number of fused-ring (bicyclic) bond motifs is 1. The predicted octanol–water partition coefficient (Wildman–Crippen LogP) is 3.06. The van der Waals surface area contributed by atoms with Gasteiger partial charge in [0.15, 0.2) is 17.8 Å². The smallest absolute Gasteiger partial charge is 0.331 e. The summed E-state index contributed by atoms with van der Waals surface area (Å²) in [6, 6.07) is 3.57. The SMILES string of the molecule is COC(OC)c1cc2c(cc1/C=C/C(=O)OC(C)(C)C)OCO2. The van der Waals surface area contributed by atoms with Gasteiger partial charge in [-0.05, 0) is 44.5 Å². The lowest BCUT2D eigenvalue weighted by Gasteiger charge is -2.18. The van der Waals surface area contributed by atoms with Gasteiger partial charge in [0.25, 0.3) is 0 Å². The molecule has 0 aliphatic carbocycles. The van der Waals surface area contributed by atoms with Crippen LogP contribution in [0.15, 0.2) is 18.2 Å². The minimum absolute atomic E-state index is 0.165. The van der Waals surface area contributed by atoms with Crippen LogP contribution in [0.1, 0.15) is 38.2 Å². The number of benzene rings is 1. The Balaban J connectivity index is 2.31. The van der Waals surface area contributed by atoms with Gasteiger partial charge < -0.3 is 23.7 Å². The summed E-state index contributed by atoms with van der Waals surface area (Å²) in [6.07, 6.45) is 2.44. The molecule has 0 aromatic heterocycles. The van der Waals surface area contributed by atoms with Gasteiger partial charge in [-0.3, -0.25) is 0 Å². The van der Waals surface area contributed by atoms with Crippen molar-refractivity contribution in [2.24, 2.45) is 0 Å². The summed E-state index contributed by atoms with van der Waals surface area (Å²) in [5, 5.41) is 0. The molecule has 1 aromatic carbocycles. The molecule has 0 atom stereocenters. The number of carbonyl (C=O) groups excluding carboxylic acids is 1. The highest BCUT2D eigenvalue weighted by atomic mass is 16.7. The summed E-state index contributed by atoms with van der Waals surface area (Å²) in [5.74, 6) is 0.810. The topological polar surface area (TPSA) is 63.2 Å². The van der Waals surface area contributed by atoms with Crippen LogP contribution in [0.5, 0.6) is 11.5 Å². The van der Waals surface area contributed by atoms with Crippen LogP contribution in [0, 0.1) is 0 Å². The van der Waals surface area contributed by atoms with E-state index in [2.05, 4.69) is 0 Å². The number of rotatable bonds is 5. The van der Waals surface area contributed by atoms with Gasteiger partial charge in [0, 0.05) is 25.9 Å². The normalized spacial score (nSPS) is 13.8. The van der Waals surface area contributed by atoms with E-state index in [9.17, 15) is 4.79 Å². The Labute approximate surface area is 135 Å². The average molecular weight is 322 g/mol. The van der Waals surface area contributed by atoms with Crippen molar-refractivity contribution >= 4 is 12.0 Å². The summed E-state index contributed by atoms with van der Waals surface area (Å²) in [6.45, 7) is 5.61. The van der Waals surface area contributed by atoms with Gasteiger partial charge in [-0.2, -0.15) is 0 Å². The van der Waals surface area contributed by atoms with Gasteiger partial charge >= 0.3 is 5.97 Å². The second kappa shape index (κ2) is 7.02. The van der Waals surface area contributed by atoms with Gasteiger partial charge in [0.05, 0.1) is 0 Å². The average Bonchev–Trinajstić information content (AvgIpc) is 2.91. The van der Waals surface area contributed by atoms with Gasteiger partial charge in [0.1, 0.15) is 5.60 Å². The molecule has 0 radical (unpaired) electrons. The minimum atomic E-state index is -0.581. The third kappa shape index (κ3) is 4.46. The third-order valence-electron chi connectivity index (χ3n) is 3.07. The van der Waals surface area contributed by atoms with Crippen LogP contribution >= 0.6 is 0 Å². The molecule has 0 saturated carbocycles. The molecule has 0 amide bonds. The van der Waals surface area contributed by atoms with Crippen LogP contribution in [0.25, 0.3) is 6.08 Å². The largest absolute Gasteiger partial charge is 0.457 e. The molecule has 23 heavy (non-hydrogen) atoms. The minimum Gasteiger partial charge on any atom is -0.457 e. The van der Waals surface area contributed by atoms with Crippen molar-refractivity contribution in [3.63, 3.8) is 0 Å². The Kier molecular flexibility index (Phi) is 5.28. The van der Waals surface area contributed by atoms with E-state index in [1.165, 1.54) is 6.08 Å². The zero-order valence-electron chi connectivity index (χ0n) is 14.0. The summed E-state index contributed by atoms with van der Waals surface area (Å²) in [4.78, 5) is 11.9. The number of ether oxygens (including phenoxy) is 5. The molecule has 1 aliphatic rings. The standard InChI is InChI=1S/C17H22O6/c1-17(2,3)23-15(18)7-6-11-8-13-14(22-10-21-13)9-12(11)16(19-4)20-5/h6-9,16H,10H2,1-5H3/b7-6+. The predicted molar refractivity (Wildman–Crippen MR) is 84.2 cm³/mol. The van der Waals surface area contributed by atoms with E-state index < -0.39 is 17.9 Å². The van der Waals surface area contributed by atoms with Gasteiger partial charge in [-0.25, -0.2) is 4.79 Å². The Morgan fingerprint density at radius 2 is 1.78 bits per heavy atom. The highest BCUT2D eigenvalue weighted by Gasteiger charge is 2.21. The first-order valence-electron chi connectivity index (χ1n) is 7.24. The molecule has 0 saturated heterocycles. The first-order chi connectivity index (χ1) is 10.8. The van der Waals surface area contributed by atoms with Crippen LogP contribution in [0.3, 0.4) is 0 Å². The maximum atomic E-state index is 11.9. The molecule has 0 N–H and O–H groups in total. The zero-order chi connectivity index (χ0) is 17.0.